The summed E-state index contributed by atoms with van der Waals surface area (Å²) >= 11 is 17.8. The van der Waals surface area contributed by atoms with Crippen LogP contribution >= 0.6 is 34.8 Å². The van der Waals surface area contributed by atoms with Crippen LogP contribution in [0.5, 0.6) is 0 Å². The summed E-state index contributed by atoms with van der Waals surface area (Å²) in [6, 6.07) is 7.64. The predicted molar refractivity (Wildman–Crippen MR) is 99.2 cm³/mol. The molecule has 10 heteroatoms. The molecule has 148 valence electrons. The van der Waals surface area contributed by atoms with Crippen molar-refractivity contribution < 1.29 is 27.5 Å². The zero-order valence-corrected chi connectivity index (χ0v) is 16.3. The minimum Gasteiger partial charge on any atom is -0.465 e. The van der Waals surface area contributed by atoms with E-state index in [0.717, 1.165) is 18.2 Å². The van der Waals surface area contributed by atoms with Gasteiger partial charge in [0, 0.05) is 21.2 Å². The van der Waals surface area contributed by atoms with E-state index in [1.165, 1.54) is 31.4 Å². The first kappa shape index (κ1) is 20.8. The highest BCUT2D eigenvalue weighted by molar-refractivity contribution is 6.34. The summed E-state index contributed by atoms with van der Waals surface area (Å²) in [5.41, 5.74) is -0.471. The van der Waals surface area contributed by atoms with E-state index in [4.69, 9.17) is 39.6 Å². The summed E-state index contributed by atoms with van der Waals surface area (Å²) in [6.45, 7) is 0. The van der Waals surface area contributed by atoms with Gasteiger partial charge in [0.2, 0.25) is 5.60 Å². The number of methoxy groups -OCH3 is 1. The van der Waals surface area contributed by atoms with Crippen LogP contribution in [0.4, 0.5) is 13.2 Å². The minimum atomic E-state index is -4.83. The third-order valence-corrected chi connectivity index (χ3v) is 4.82. The number of benzene rings is 2. The maximum atomic E-state index is 14.0. The van der Waals surface area contributed by atoms with Crippen molar-refractivity contribution in [1.82, 2.24) is 5.48 Å². The second-order valence-electron chi connectivity index (χ2n) is 5.84. The lowest BCUT2D eigenvalue weighted by molar-refractivity contribution is -0.269. The molecule has 0 aromatic heterocycles. The molecule has 0 spiro atoms. The normalized spacial score (nSPS) is 19.2. The summed E-state index contributed by atoms with van der Waals surface area (Å²) in [6.07, 6.45) is -3.97. The van der Waals surface area contributed by atoms with Gasteiger partial charge in [0.25, 0.3) is 0 Å². The largest absolute Gasteiger partial charge is 0.465 e. The number of alkyl halides is 3. The van der Waals surface area contributed by atoms with Crippen LogP contribution in [0, 0.1) is 0 Å². The number of rotatable bonds is 3. The predicted octanol–water partition coefficient (Wildman–Crippen LogP) is 5.77. The lowest BCUT2D eigenvalue weighted by Crippen LogP contribution is -2.42. The molecule has 1 unspecified atom stereocenters. The van der Waals surface area contributed by atoms with E-state index >= 15 is 0 Å². The van der Waals surface area contributed by atoms with Crippen molar-refractivity contribution >= 4 is 46.5 Å². The Morgan fingerprint density at radius 1 is 1.11 bits per heavy atom. The minimum absolute atomic E-state index is 0.00624. The molecule has 1 aliphatic heterocycles. The molecule has 1 aliphatic rings. The monoisotopic (exact) mass is 451 g/mol. The van der Waals surface area contributed by atoms with Crippen LogP contribution in [-0.4, -0.2) is 19.3 Å². The van der Waals surface area contributed by atoms with Gasteiger partial charge in [-0.2, -0.15) is 13.2 Å². The third-order valence-electron chi connectivity index (χ3n) is 4.07. The topological polar surface area (TPSA) is 47.6 Å². The Kier molecular flexibility index (Phi) is 5.55. The average Bonchev–Trinajstić information content (AvgIpc) is 3.07. The summed E-state index contributed by atoms with van der Waals surface area (Å²) < 4.78 is 46.5. The molecule has 2 aromatic rings. The standard InChI is InChI=1S/C18H11Cl3F3NO3/c1-27-16(26)13-3-2-9(4-14(13)21)15-8-17(28-25-15,18(22,23)24)10-5-11(19)7-12(20)6-10/h2-8,25H,1H3. The number of esters is 1. The number of halogens is 6. The lowest BCUT2D eigenvalue weighted by atomic mass is 9.91. The van der Waals surface area contributed by atoms with Crippen LogP contribution in [0.3, 0.4) is 0 Å². The molecule has 4 nitrogen and oxygen atoms in total. The Balaban J connectivity index is 2.10. The molecular weight excluding hydrogens is 442 g/mol. The molecule has 1 N–H and O–H groups in total. The number of ether oxygens (including phenoxy) is 1. The fourth-order valence-electron chi connectivity index (χ4n) is 2.71. The fourth-order valence-corrected chi connectivity index (χ4v) is 3.50. The molecular formula is C18H11Cl3F3NO3. The van der Waals surface area contributed by atoms with Crippen molar-refractivity contribution in [3.05, 3.63) is 74.2 Å². The second kappa shape index (κ2) is 7.48. The maximum Gasteiger partial charge on any atom is 0.428 e. The van der Waals surface area contributed by atoms with E-state index in [9.17, 15) is 18.0 Å². The molecule has 0 aliphatic carbocycles. The number of carbonyl (C=O) groups excluding carboxylic acids is 1. The molecule has 1 atom stereocenters. The van der Waals surface area contributed by atoms with E-state index < -0.39 is 17.7 Å². The SMILES string of the molecule is COC(=O)c1ccc(C2=CC(c3cc(Cl)cc(Cl)c3)(C(F)(F)F)ON2)cc1Cl. The van der Waals surface area contributed by atoms with Gasteiger partial charge in [-0.25, -0.2) is 4.79 Å². The molecule has 0 fully saturated rings. The molecule has 3 rings (SSSR count). The van der Waals surface area contributed by atoms with Gasteiger partial charge < -0.3 is 4.74 Å². The van der Waals surface area contributed by atoms with Crippen LogP contribution in [0.1, 0.15) is 21.5 Å². The first-order valence-electron chi connectivity index (χ1n) is 7.66. The number of hydrogen-bond acceptors (Lipinski definition) is 4. The maximum absolute atomic E-state index is 14.0. The first-order chi connectivity index (χ1) is 13.1. The molecule has 0 radical (unpaired) electrons. The van der Waals surface area contributed by atoms with Crippen molar-refractivity contribution in [2.75, 3.05) is 7.11 Å². The lowest BCUT2D eigenvalue weighted by Gasteiger charge is -2.28. The smallest absolute Gasteiger partial charge is 0.428 e. The quantitative estimate of drug-likeness (QED) is 0.601. The van der Waals surface area contributed by atoms with Crippen molar-refractivity contribution in [3.63, 3.8) is 0 Å². The van der Waals surface area contributed by atoms with Gasteiger partial charge in [-0.1, -0.05) is 40.9 Å². The van der Waals surface area contributed by atoms with Crippen molar-refractivity contribution in [2.45, 2.75) is 11.8 Å². The van der Waals surface area contributed by atoms with E-state index in [-0.39, 0.29) is 37.5 Å². The molecule has 28 heavy (non-hydrogen) atoms. The van der Waals surface area contributed by atoms with Crippen LogP contribution in [0.2, 0.25) is 15.1 Å². The number of hydrogen-bond donors (Lipinski definition) is 1. The summed E-state index contributed by atoms with van der Waals surface area (Å²) in [4.78, 5) is 16.6. The van der Waals surface area contributed by atoms with Crippen LogP contribution in [-0.2, 0) is 15.2 Å². The Bertz CT molecular complexity index is 958. The van der Waals surface area contributed by atoms with Gasteiger partial charge >= 0.3 is 12.1 Å². The Morgan fingerprint density at radius 2 is 1.75 bits per heavy atom. The highest BCUT2D eigenvalue weighted by atomic mass is 35.5. The molecule has 0 saturated carbocycles. The molecule has 0 bridgehead atoms. The van der Waals surface area contributed by atoms with E-state index in [0.29, 0.717) is 0 Å². The van der Waals surface area contributed by atoms with Crippen molar-refractivity contribution in [2.24, 2.45) is 0 Å². The number of carbonyl (C=O) groups is 1. The van der Waals surface area contributed by atoms with Gasteiger partial charge in [0.05, 0.1) is 23.4 Å². The number of nitrogens with one attached hydrogen (secondary N) is 1. The molecule has 0 amide bonds. The second-order valence-corrected chi connectivity index (χ2v) is 7.12. The Hall–Kier alpha value is -1.93. The third kappa shape index (κ3) is 3.67. The van der Waals surface area contributed by atoms with E-state index in [1.54, 1.807) is 0 Å². The highest BCUT2D eigenvalue weighted by Crippen LogP contribution is 2.48. The van der Waals surface area contributed by atoms with Gasteiger partial charge in [0.1, 0.15) is 0 Å². The van der Waals surface area contributed by atoms with Crippen molar-refractivity contribution in [1.29, 1.82) is 0 Å². The zero-order valence-electron chi connectivity index (χ0n) is 14.0. The summed E-state index contributed by atoms with van der Waals surface area (Å²) in [5.74, 6) is -0.667. The molecule has 1 heterocycles. The van der Waals surface area contributed by atoms with Gasteiger partial charge in [0.15, 0.2) is 0 Å². The van der Waals surface area contributed by atoms with Crippen LogP contribution < -0.4 is 5.48 Å². The van der Waals surface area contributed by atoms with E-state index in [2.05, 4.69) is 10.2 Å². The Morgan fingerprint density at radius 3 is 2.29 bits per heavy atom. The van der Waals surface area contributed by atoms with Crippen LogP contribution in [0.15, 0.2) is 42.5 Å². The van der Waals surface area contributed by atoms with Gasteiger partial charge in [-0.15, -0.1) is 0 Å². The molecule has 0 saturated heterocycles. The van der Waals surface area contributed by atoms with Crippen molar-refractivity contribution in [3.8, 4) is 0 Å². The fraction of sp³-hybridized carbons (Fsp3) is 0.167. The van der Waals surface area contributed by atoms with E-state index in [1.807, 2.05) is 0 Å². The Labute approximate surface area is 172 Å². The highest BCUT2D eigenvalue weighted by Gasteiger charge is 2.59. The van der Waals surface area contributed by atoms with Crippen LogP contribution in [0.25, 0.3) is 5.70 Å². The first-order valence-corrected chi connectivity index (χ1v) is 8.79. The average molecular weight is 453 g/mol. The summed E-state index contributed by atoms with van der Waals surface area (Å²) in [5, 5.41) is 0.0754. The number of hydroxylamine groups is 1. The van der Waals surface area contributed by atoms with Gasteiger partial charge in [-0.05, 0) is 36.4 Å². The zero-order chi connectivity index (χ0) is 20.7. The summed E-state index contributed by atoms with van der Waals surface area (Å²) in [7, 11) is 1.19. The molecule has 2 aromatic carbocycles. The van der Waals surface area contributed by atoms with Gasteiger partial charge in [-0.3, -0.25) is 10.3 Å².